The summed E-state index contributed by atoms with van der Waals surface area (Å²) in [6, 6.07) is 11.1. The number of rotatable bonds is 7. The van der Waals surface area contributed by atoms with Crippen molar-refractivity contribution in [3.8, 4) is 5.75 Å². The molecular formula is C19H20InN3O6S. The Morgan fingerprint density at radius 1 is 1.33 bits per heavy atom. The standard InChI is InChI=1S/C16H16NO4S.C3H4N2O2.In/c1-11-6-4-5-7-14(11)17-22(19,20)16(18)13-9-8-12(2)15(10-13)21-3;4-2-1-3-5(6)7;/h4-10,17H,2H2,1,3H3;2-3H,1H2;/q;-1;+1. The fourth-order valence-electron chi connectivity index (χ4n) is 3.28. The molecule has 1 aliphatic heterocycles. The van der Waals surface area contributed by atoms with E-state index in [0.717, 1.165) is 0 Å². The summed E-state index contributed by atoms with van der Waals surface area (Å²) in [4.78, 5) is 23.6. The van der Waals surface area contributed by atoms with Crippen LogP contribution in [-0.2, 0) is 14.2 Å². The van der Waals surface area contributed by atoms with Crippen molar-refractivity contribution in [2.45, 2.75) is 21.3 Å². The normalized spacial score (nSPS) is 15.8. The molecule has 30 heavy (non-hydrogen) atoms. The van der Waals surface area contributed by atoms with Gasteiger partial charge in [-0.15, -0.1) is 0 Å². The van der Waals surface area contributed by atoms with Crippen LogP contribution in [0.25, 0.3) is 0 Å². The van der Waals surface area contributed by atoms with Crippen LogP contribution in [0.1, 0.15) is 27.9 Å². The molecule has 1 N–H and O–H groups in total. The number of aryl methyl sites for hydroxylation is 1. The second-order valence-electron chi connectivity index (χ2n) is 6.93. The summed E-state index contributed by atoms with van der Waals surface area (Å²) in [6.45, 7) is 1.73. The topological polar surface area (TPSA) is 128 Å². The summed E-state index contributed by atoms with van der Waals surface area (Å²) in [5.41, 5.74) is 1.66. The molecule has 9 nitrogen and oxygen atoms in total. The molecular weight excluding hydrogens is 513 g/mol. The number of sulfonamides is 1. The molecule has 1 atom stereocenters. The van der Waals surface area contributed by atoms with Crippen LogP contribution in [0.15, 0.2) is 45.4 Å². The number of anilines is 1. The molecule has 0 aromatic heterocycles. The van der Waals surface area contributed by atoms with E-state index in [-0.39, 0.29) is 10.5 Å². The van der Waals surface area contributed by atoms with Gasteiger partial charge in [-0.2, -0.15) is 0 Å². The molecule has 11 heteroatoms. The van der Waals surface area contributed by atoms with Gasteiger partial charge in [0.1, 0.15) is 0 Å². The molecule has 1 heterocycles. The fraction of sp³-hybridized carbons (Fsp3) is 0.263. The molecule has 0 amide bonds. The molecule has 0 spiro atoms. The first kappa shape index (κ1) is 22.3. The van der Waals surface area contributed by atoms with E-state index >= 15 is 0 Å². The van der Waals surface area contributed by atoms with E-state index in [2.05, 4.69) is 7.70 Å². The third-order valence-electron chi connectivity index (χ3n) is 4.94. The van der Waals surface area contributed by atoms with Crippen molar-refractivity contribution >= 4 is 48.8 Å². The van der Waals surface area contributed by atoms with Crippen LogP contribution >= 0.6 is 0 Å². The summed E-state index contributed by atoms with van der Waals surface area (Å²) in [5.74, 6) is 0.327. The summed E-state index contributed by atoms with van der Waals surface area (Å²) >= 11 is -2.86. The van der Waals surface area contributed by atoms with Gasteiger partial charge in [0, 0.05) is 0 Å². The average molecular weight is 533 g/mol. The zero-order valence-electron chi connectivity index (χ0n) is 16.4. The number of nitro groups is 1. The van der Waals surface area contributed by atoms with E-state index in [4.69, 9.17) is 4.74 Å². The average Bonchev–Trinajstić information content (AvgIpc) is 3.18. The van der Waals surface area contributed by atoms with Gasteiger partial charge in [-0.05, 0) is 0 Å². The number of para-hydroxylation sites is 1. The maximum atomic E-state index is 12.6. The minimum atomic E-state index is -4.31. The number of nitrogens with one attached hydrogen (secondary N) is 1. The van der Waals surface area contributed by atoms with Gasteiger partial charge in [-0.25, -0.2) is 0 Å². The zero-order valence-corrected chi connectivity index (χ0v) is 20.6. The number of hydrogen-bond acceptors (Lipinski definition) is 7. The molecule has 0 radical (unpaired) electrons. The molecule has 1 unspecified atom stereocenters. The van der Waals surface area contributed by atoms with Crippen LogP contribution in [0.3, 0.4) is 0 Å². The molecule has 156 valence electrons. The van der Waals surface area contributed by atoms with E-state index in [0.29, 0.717) is 33.2 Å². The molecule has 0 bridgehead atoms. The first-order valence-electron chi connectivity index (χ1n) is 9.17. The second-order valence-corrected chi connectivity index (χ2v) is 16.0. The molecule has 1 aliphatic rings. The molecule has 2 aromatic rings. The predicted octanol–water partition coefficient (Wildman–Crippen LogP) is 2.32. The Hall–Kier alpha value is -2.40. The summed E-state index contributed by atoms with van der Waals surface area (Å²) in [6.07, 6.45) is 1.98. The van der Waals surface area contributed by atoms with Gasteiger partial charge in [-0.1, -0.05) is 0 Å². The molecule has 0 saturated carbocycles. The Kier molecular flexibility index (Phi) is 6.81. The quantitative estimate of drug-likeness (QED) is 0.430. The molecule has 0 aliphatic carbocycles. The van der Waals surface area contributed by atoms with Gasteiger partial charge in [-0.3, -0.25) is 0 Å². The van der Waals surface area contributed by atoms with E-state index < -0.39 is 40.7 Å². The number of carbonyl (C=O) groups excluding carboxylic acids is 1. The van der Waals surface area contributed by atoms with Gasteiger partial charge in [0.05, 0.1) is 0 Å². The van der Waals surface area contributed by atoms with Crippen molar-refractivity contribution in [3.05, 3.63) is 69.3 Å². The van der Waals surface area contributed by atoms with E-state index in [1.165, 1.54) is 19.2 Å². The molecule has 2 aromatic carbocycles. The number of hydrogen-bond donors (Lipinski definition) is 1. The summed E-state index contributed by atoms with van der Waals surface area (Å²) < 4.78 is 37.0. The van der Waals surface area contributed by atoms with Crippen LogP contribution in [0, 0.1) is 17.0 Å². The van der Waals surface area contributed by atoms with E-state index in [9.17, 15) is 23.3 Å². The summed E-state index contributed by atoms with van der Waals surface area (Å²) in [7, 11) is -2.90. The first-order chi connectivity index (χ1) is 14.2. The van der Waals surface area contributed by atoms with Gasteiger partial charge in [0.25, 0.3) is 0 Å². The Balaban J connectivity index is 1.83. The van der Waals surface area contributed by atoms with E-state index in [1.54, 1.807) is 43.5 Å². The van der Waals surface area contributed by atoms with Crippen LogP contribution in [0.5, 0.6) is 5.75 Å². The Morgan fingerprint density at radius 2 is 2.07 bits per heavy atom. The van der Waals surface area contributed by atoms with Gasteiger partial charge >= 0.3 is 183 Å². The van der Waals surface area contributed by atoms with Gasteiger partial charge in [0.2, 0.25) is 0 Å². The van der Waals surface area contributed by atoms with Crippen molar-refractivity contribution < 1.29 is 22.9 Å². The second kappa shape index (κ2) is 9.17. The fourth-order valence-corrected chi connectivity index (χ4v) is 11.4. The van der Waals surface area contributed by atoms with Crippen molar-refractivity contribution in [2.24, 2.45) is 2.98 Å². The third kappa shape index (κ3) is 4.84. The van der Waals surface area contributed by atoms with Gasteiger partial charge in [0.15, 0.2) is 0 Å². The molecule has 0 fully saturated rings. The molecule has 0 saturated heterocycles. The van der Waals surface area contributed by atoms with E-state index in [1.807, 2.05) is 0 Å². The number of nitrogens with zero attached hydrogens (tertiary/aromatic N) is 2. The minimum absolute atomic E-state index is 0.0485. The monoisotopic (exact) mass is 533 g/mol. The van der Waals surface area contributed by atoms with Crippen molar-refractivity contribution in [1.29, 1.82) is 0 Å². The van der Waals surface area contributed by atoms with Gasteiger partial charge < -0.3 is 0 Å². The van der Waals surface area contributed by atoms with Crippen molar-refractivity contribution in [1.82, 2.24) is 0 Å². The number of benzene rings is 2. The zero-order chi connectivity index (χ0) is 21.9. The number of carbonyl (C=O) groups is 1. The SMILES string of the molecule is COc1cc(C(=O)S(=O)(=O)Nc2ccccc2C)ccc1[CH2][In]1[N]=CC[CH]1[N+](=O)[O-]. The Morgan fingerprint density at radius 3 is 2.73 bits per heavy atom. The van der Waals surface area contributed by atoms with Crippen LogP contribution in [0.2, 0.25) is 0 Å². The molecule has 3 rings (SSSR count). The Labute approximate surface area is 182 Å². The maximum absolute atomic E-state index is 12.6. The summed E-state index contributed by atoms with van der Waals surface area (Å²) in [5, 5.41) is 10.1. The van der Waals surface area contributed by atoms with Crippen LogP contribution in [-0.4, -0.2) is 57.3 Å². The van der Waals surface area contributed by atoms with Crippen molar-refractivity contribution in [2.75, 3.05) is 11.8 Å². The third-order valence-corrected chi connectivity index (χ3v) is 14.3. The van der Waals surface area contributed by atoms with Crippen LogP contribution in [0.4, 0.5) is 5.69 Å². The van der Waals surface area contributed by atoms with Crippen LogP contribution < -0.4 is 9.46 Å². The first-order valence-corrected chi connectivity index (χ1v) is 16.4. The number of methoxy groups -OCH3 is 1. The van der Waals surface area contributed by atoms with Crippen molar-refractivity contribution in [3.63, 3.8) is 0 Å². The Bertz CT molecular complexity index is 1120. The predicted molar refractivity (Wildman–Crippen MR) is 114 cm³/mol. The number of ether oxygens (including phenoxy) is 1.